The second-order valence-electron chi connectivity index (χ2n) is 3.45. The number of aryl methyl sites for hydroxylation is 1. The highest BCUT2D eigenvalue weighted by molar-refractivity contribution is 5.85. The van der Waals surface area contributed by atoms with Crippen LogP contribution in [0.5, 0.6) is 5.75 Å². The minimum absolute atomic E-state index is 0. The first kappa shape index (κ1) is 14.7. The first-order valence-corrected chi connectivity index (χ1v) is 4.66. The number of methoxy groups -OCH3 is 1. The lowest BCUT2D eigenvalue weighted by molar-refractivity contribution is -0.138. The highest BCUT2D eigenvalue weighted by atomic mass is 35.5. The molecule has 5 heteroatoms. The Morgan fingerprint density at radius 3 is 2.69 bits per heavy atom. The molecule has 0 aliphatic rings. The second-order valence-corrected chi connectivity index (χ2v) is 3.45. The fraction of sp³-hybridized carbons (Fsp3) is 0.364. The van der Waals surface area contributed by atoms with Gasteiger partial charge in [0.25, 0.3) is 0 Å². The second kappa shape index (κ2) is 6.35. The standard InChI is InChI=1S/C11H15NO3.ClH/c1-7-3-4-8(6-10(7)15-2)5-9(12)11(13)14;/h3-4,6,9H,5,12H2,1-2H3,(H,13,14);1H. The summed E-state index contributed by atoms with van der Waals surface area (Å²) in [5, 5.41) is 8.67. The number of benzene rings is 1. The topological polar surface area (TPSA) is 72.5 Å². The van der Waals surface area contributed by atoms with Crippen molar-refractivity contribution >= 4 is 18.4 Å². The van der Waals surface area contributed by atoms with Gasteiger partial charge in [-0.1, -0.05) is 12.1 Å². The molecule has 1 rings (SSSR count). The summed E-state index contributed by atoms with van der Waals surface area (Å²) in [6, 6.07) is 4.71. The van der Waals surface area contributed by atoms with Crippen molar-refractivity contribution < 1.29 is 14.6 Å². The number of aliphatic carboxylic acids is 1. The molecule has 0 radical (unpaired) electrons. The van der Waals surface area contributed by atoms with Crippen LogP contribution in [0.3, 0.4) is 0 Å². The zero-order valence-corrected chi connectivity index (χ0v) is 10.1. The molecule has 0 aromatic heterocycles. The van der Waals surface area contributed by atoms with Crippen LogP contribution in [-0.4, -0.2) is 24.2 Å². The number of hydrogen-bond acceptors (Lipinski definition) is 3. The number of halogens is 1. The zero-order chi connectivity index (χ0) is 11.4. The van der Waals surface area contributed by atoms with E-state index in [1.54, 1.807) is 7.11 Å². The Morgan fingerprint density at radius 1 is 1.56 bits per heavy atom. The summed E-state index contributed by atoms with van der Waals surface area (Å²) >= 11 is 0. The molecule has 0 fully saturated rings. The number of carboxylic acids is 1. The van der Waals surface area contributed by atoms with Gasteiger partial charge in [-0.2, -0.15) is 0 Å². The molecule has 0 aliphatic heterocycles. The van der Waals surface area contributed by atoms with E-state index < -0.39 is 12.0 Å². The lowest BCUT2D eigenvalue weighted by atomic mass is 10.0. The monoisotopic (exact) mass is 245 g/mol. The molecule has 1 unspecified atom stereocenters. The van der Waals surface area contributed by atoms with Crippen LogP contribution in [0.2, 0.25) is 0 Å². The highest BCUT2D eigenvalue weighted by Crippen LogP contribution is 2.19. The molecule has 4 nitrogen and oxygen atoms in total. The van der Waals surface area contributed by atoms with Crippen molar-refractivity contribution in [1.29, 1.82) is 0 Å². The summed E-state index contributed by atoms with van der Waals surface area (Å²) < 4.78 is 5.14. The fourth-order valence-corrected chi connectivity index (χ4v) is 1.33. The predicted octanol–water partition coefficient (Wildman–Crippen LogP) is 1.38. The summed E-state index contributed by atoms with van der Waals surface area (Å²) in [7, 11) is 1.59. The van der Waals surface area contributed by atoms with Crippen LogP contribution < -0.4 is 10.5 Å². The largest absolute Gasteiger partial charge is 0.496 e. The van der Waals surface area contributed by atoms with E-state index in [-0.39, 0.29) is 12.4 Å². The minimum Gasteiger partial charge on any atom is -0.496 e. The van der Waals surface area contributed by atoms with Crippen molar-refractivity contribution in [3.63, 3.8) is 0 Å². The maximum absolute atomic E-state index is 10.6. The van der Waals surface area contributed by atoms with Crippen molar-refractivity contribution in [2.24, 2.45) is 5.73 Å². The summed E-state index contributed by atoms with van der Waals surface area (Å²) in [6.07, 6.45) is 0.311. The molecular formula is C11H16ClNO3. The van der Waals surface area contributed by atoms with Crippen LogP contribution in [-0.2, 0) is 11.2 Å². The van der Waals surface area contributed by atoms with Crippen LogP contribution in [0.15, 0.2) is 18.2 Å². The lowest BCUT2D eigenvalue weighted by Crippen LogP contribution is -2.32. The van der Waals surface area contributed by atoms with Crippen LogP contribution in [0, 0.1) is 6.92 Å². The average molecular weight is 246 g/mol. The Bertz CT molecular complexity index is 368. The number of rotatable bonds is 4. The number of hydrogen-bond donors (Lipinski definition) is 2. The minimum atomic E-state index is -0.991. The van der Waals surface area contributed by atoms with Crippen molar-refractivity contribution in [2.75, 3.05) is 7.11 Å². The van der Waals surface area contributed by atoms with E-state index in [1.165, 1.54) is 0 Å². The van der Waals surface area contributed by atoms with Crippen LogP contribution in [0.4, 0.5) is 0 Å². The van der Waals surface area contributed by atoms with Gasteiger partial charge in [-0.05, 0) is 30.5 Å². The molecule has 0 bridgehead atoms. The summed E-state index contributed by atoms with van der Waals surface area (Å²) in [6.45, 7) is 1.93. The third-order valence-electron chi connectivity index (χ3n) is 2.25. The van der Waals surface area contributed by atoms with E-state index in [0.717, 1.165) is 16.9 Å². The number of carboxylic acid groups (broad SMARTS) is 1. The normalized spacial score (nSPS) is 11.4. The van der Waals surface area contributed by atoms with Gasteiger partial charge in [0, 0.05) is 0 Å². The van der Waals surface area contributed by atoms with E-state index >= 15 is 0 Å². The first-order chi connectivity index (χ1) is 7.04. The van der Waals surface area contributed by atoms with E-state index in [2.05, 4.69) is 0 Å². The Kier molecular flexibility index (Phi) is 5.85. The Balaban J connectivity index is 0.00000225. The molecular weight excluding hydrogens is 230 g/mol. The number of carbonyl (C=O) groups is 1. The van der Waals surface area contributed by atoms with Crippen LogP contribution in [0.1, 0.15) is 11.1 Å². The van der Waals surface area contributed by atoms with E-state index in [0.29, 0.717) is 6.42 Å². The first-order valence-electron chi connectivity index (χ1n) is 4.66. The summed E-state index contributed by atoms with van der Waals surface area (Å²) in [5.41, 5.74) is 7.32. The Hall–Kier alpha value is -1.26. The lowest BCUT2D eigenvalue weighted by Gasteiger charge is -2.09. The smallest absolute Gasteiger partial charge is 0.320 e. The molecule has 0 spiro atoms. The van der Waals surface area contributed by atoms with Gasteiger partial charge < -0.3 is 15.6 Å². The van der Waals surface area contributed by atoms with Crippen LogP contribution in [0.25, 0.3) is 0 Å². The number of ether oxygens (including phenoxy) is 1. The van der Waals surface area contributed by atoms with Crippen molar-refractivity contribution in [1.82, 2.24) is 0 Å². The molecule has 90 valence electrons. The molecule has 0 amide bonds. The highest BCUT2D eigenvalue weighted by Gasteiger charge is 2.12. The third-order valence-corrected chi connectivity index (χ3v) is 2.25. The molecule has 0 saturated heterocycles. The molecule has 1 aromatic rings. The SMILES string of the molecule is COc1cc(CC(N)C(=O)O)ccc1C.Cl. The number of nitrogens with two attached hydrogens (primary N) is 1. The Labute approximate surface area is 101 Å². The molecule has 1 atom stereocenters. The van der Waals surface area contributed by atoms with Gasteiger partial charge in [-0.15, -0.1) is 12.4 Å². The molecule has 0 saturated carbocycles. The molecule has 16 heavy (non-hydrogen) atoms. The maximum Gasteiger partial charge on any atom is 0.320 e. The molecule has 0 aliphatic carbocycles. The van der Waals surface area contributed by atoms with Gasteiger partial charge in [0.05, 0.1) is 7.11 Å². The van der Waals surface area contributed by atoms with Gasteiger partial charge in [-0.3, -0.25) is 4.79 Å². The molecule has 3 N–H and O–H groups in total. The summed E-state index contributed by atoms with van der Waals surface area (Å²) in [4.78, 5) is 10.6. The molecule has 1 aromatic carbocycles. The van der Waals surface area contributed by atoms with Gasteiger partial charge in [0.1, 0.15) is 11.8 Å². The van der Waals surface area contributed by atoms with Gasteiger partial charge in [0.15, 0.2) is 0 Å². The van der Waals surface area contributed by atoms with E-state index in [9.17, 15) is 4.79 Å². The van der Waals surface area contributed by atoms with Crippen LogP contribution >= 0.6 is 12.4 Å². The maximum atomic E-state index is 10.6. The third kappa shape index (κ3) is 3.72. The van der Waals surface area contributed by atoms with Gasteiger partial charge >= 0.3 is 5.97 Å². The van der Waals surface area contributed by atoms with Crippen molar-refractivity contribution in [2.45, 2.75) is 19.4 Å². The fourth-order valence-electron chi connectivity index (χ4n) is 1.33. The van der Waals surface area contributed by atoms with E-state index in [4.69, 9.17) is 15.6 Å². The van der Waals surface area contributed by atoms with E-state index in [1.807, 2.05) is 25.1 Å². The quantitative estimate of drug-likeness (QED) is 0.841. The van der Waals surface area contributed by atoms with Gasteiger partial charge in [-0.25, -0.2) is 0 Å². The van der Waals surface area contributed by atoms with Crippen molar-refractivity contribution in [3.05, 3.63) is 29.3 Å². The van der Waals surface area contributed by atoms with Crippen molar-refractivity contribution in [3.8, 4) is 5.75 Å². The van der Waals surface area contributed by atoms with Gasteiger partial charge in [0.2, 0.25) is 0 Å². The Morgan fingerprint density at radius 2 is 2.19 bits per heavy atom. The zero-order valence-electron chi connectivity index (χ0n) is 9.27. The molecule has 0 heterocycles. The summed E-state index contributed by atoms with van der Waals surface area (Å²) in [5.74, 6) is -0.236. The average Bonchev–Trinajstić information content (AvgIpc) is 2.20. The predicted molar refractivity (Wildman–Crippen MR) is 64.3 cm³/mol.